The summed E-state index contributed by atoms with van der Waals surface area (Å²) in [6.07, 6.45) is 8.62. The Morgan fingerprint density at radius 1 is 1.50 bits per heavy atom. The van der Waals surface area contributed by atoms with Gasteiger partial charge in [0.25, 0.3) is 0 Å². The van der Waals surface area contributed by atoms with Crippen LogP contribution in [0.2, 0.25) is 0 Å². The summed E-state index contributed by atoms with van der Waals surface area (Å²) in [6.45, 7) is 2.75. The topological polar surface area (TPSA) is 59.4 Å². The molecular weight excluding hydrogens is 202 g/mol. The number of aromatic nitrogens is 4. The highest BCUT2D eigenvalue weighted by Crippen LogP contribution is 2.09. The number of aryl methyl sites for hydroxylation is 2. The number of hydrogen-bond donors (Lipinski definition) is 0. The molecule has 0 unspecified atom stereocenters. The smallest absolute Gasteiger partial charge is 0.156 e. The second-order valence-electron chi connectivity index (χ2n) is 3.44. The van der Waals surface area contributed by atoms with Crippen molar-refractivity contribution in [3.05, 3.63) is 30.7 Å². The summed E-state index contributed by atoms with van der Waals surface area (Å²) in [5.74, 6) is 1.85. The van der Waals surface area contributed by atoms with Crippen LogP contribution in [0.4, 0.5) is 0 Å². The molecule has 0 N–H and O–H groups in total. The van der Waals surface area contributed by atoms with Gasteiger partial charge < -0.3 is 4.57 Å². The van der Waals surface area contributed by atoms with E-state index < -0.39 is 0 Å². The van der Waals surface area contributed by atoms with E-state index in [0.29, 0.717) is 13.0 Å². The minimum Gasteiger partial charge on any atom is -0.332 e. The van der Waals surface area contributed by atoms with Crippen LogP contribution in [-0.2, 0) is 13.0 Å². The van der Waals surface area contributed by atoms with Crippen molar-refractivity contribution in [1.29, 1.82) is 5.26 Å². The zero-order valence-electron chi connectivity index (χ0n) is 9.17. The van der Waals surface area contributed by atoms with Crippen molar-refractivity contribution in [2.45, 2.75) is 26.3 Å². The molecule has 0 saturated carbocycles. The van der Waals surface area contributed by atoms with Gasteiger partial charge in [-0.25, -0.2) is 9.97 Å². The molecule has 2 heterocycles. The molecule has 0 aliphatic heterocycles. The van der Waals surface area contributed by atoms with Crippen LogP contribution in [0.25, 0.3) is 5.82 Å². The Morgan fingerprint density at radius 2 is 2.38 bits per heavy atom. The van der Waals surface area contributed by atoms with Gasteiger partial charge in [0.1, 0.15) is 12.2 Å². The number of rotatable bonds is 4. The molecule has 0 radical (unpaired) electrons. The van der Waals surface area contributed by atoms with E-state index >= 15 is 0 Å². The summed E-state index contributed by atoms with van der Waals surface area (Å²) >= 11 is 0. The Morgan fingerprint density at radius 3 is 3.00 bits per heavy atom. The van der Waals surface area contributed by atoms with Gasteiger partial charge in [-0.15, -0.1) is 0 Å². The number of hydrogen-bond acceptors (Lipinski definition) is 3. The first-order valence-electron chi connectivity index (χ1n) is 5.26. The van der Waals surface area contributed by atoms with Crippen LogP contribution in [0.5, 0.6) is 0 Å². The van der Waals surface area contributed by atoms with Gasteiger partial charge in [0.2, 0.25) is 0 Å². The number of nitrogens with zero attached hydrogens (tertiary/aromatic N) is 5. The predicted molar refractivity (Wildman–Crippen MR) is 59.0 cm³/mol. The monoisotopic (exact) mass is 215 g/mol. The lowest BCUT2D eigenvalue weighted by Gasteiger charge is -2.00. The molecule has 5 nitrogen and oxygen atoms in total. The van der Waals surface area contributed by atoms with Crippen LogP contribution in [0.15, 0.2) is 24.9 Å². The third-order valence-corrected chi connectivity index (χ3v) is 2.40. The maximum absolute atomic E-state index is 8.58. The van der Waals surface area contributed by atoms with E-state index in [1.807, 2.05) is 21.5 Å². The SMILES string of the molecule is CCc1nc(-n2ccnc2)cn1CCC#N. The standard InChI is InChI=1S/C11H13N5/c1-2-10-14-11(16-7-5-13-9-16)8-15(10)6-3-4-12/h5,7-9H,2-3,6H2,1H3. The third kappa shape index (κ3) is 1.96. The van der Waals surface area contributed by atoms with Gasteiger partial charge >= 0.3 is 0 Å². The highest BCUT2D eigenvalue weighted by atomic mass is 15.2. The van der Waals surface area contributed by atoms with Gasteiger partial charge in [0.15, 0.2) is 5.82 Å². The molecule has 0 aromatic carbocycles. The molecule has 0 bridgehead atoms. The summed E-state index contributed by atoms with van der Waals surface area (Å²) in [5.41, 5.74) is 0. The molecule has 82 valence electrons. The highest BCUT2D eigenvalue weighted by Gasteiger charge is 2.06. The van der Waals surface area contributed by atoms with Gasteiger partial charge in [0.05, 0.1) is 12.5 Å². The Balaban J connectivity index is 2.29. The van der Waals surface area contributed by atoms with E-state index in [4.69, 9.17) is 5.26 Å². The molecule has 0 amide bonds. The molecule has 5 heteroatoms. The number of nitriles is 1. The summed E-state index contributed by atoms with van der Waals surface area (Å²) in [6, 6.07) is 2.14. The molecule has 0 atom stereocenters. The molecule has 2 aromatic heterocycles. The van der Waals surface area contributed by atoms with Crippen molar-refractivity contribution in [2.24, 2.45) is 0 Å². The Kier molecular flexibility index (Phi) is 3.01. The van der Waals surface area contributed by atoms with Crippen molar-refractivity contribution in [2.75, 3.05) is 0 Å². The van der Waals surface area contributed by atoms with Gasteiger partial charge in [0, 0.05) is 31.6 Å². The molecule has 0 aliphatic carbocycles. The van der Waals surface area contributed by atoms with E-state index in [9.17, 15) is 0 Å². The first-order chi connectivity index (χ1) is 7.85. The van der Waals surface area contributed by atoms with Crippen molar-refractivity contribution in [1.82, 2.24) is 19.1 Å². The number of imidazole rings is 2. The minimum absolute atomic E-state index is 0.507. The fourth-order valence-corrected chi connectivity index (χ4v) is 1.60. The molecule has 0 aliphatic rings. The Labute approximate surface area is 94.0 Å². The molecule has 0 spiro atoms. The average Bonchev–Trinajstić information content (AvgIpc) is 2.94. The zero-order chi connectivity index (χ0) is 11.4. The Hall–Kier alpha value is -2.09. The lowest BCUT2D eigenvalue weighted by molar-refractivity contribution is 0.670. The molecular formula is C11H13N5. The minimum atomic E-state index is 0.507. The highest BCUT2D eigenvalue weighted by molar-refractivity contribution is 5.21. The van der Waals surface area contributed by atoms with Crippen LogP contribution in [-0.4, -0.2) is 19.1 Å². The van der Waals surface area contributed by atoms with Crippen LogP contribution in [0.1, 0.15) is 19.2 Å². The lowest BCUT2D eigenvalue weighted by atomic mass is 10.4. The van der Waals surface area contributed by atoms with Gasteiger partial charge in [-0.3, -0.25) is 4.57 Å². The first kappa shape index (κ1) is 10.4. The summed E-state index contributed by atoms with van der Waals surface area (Å²) < 4.78 is 3.89. The molecule has 2 rings (SSSR count). The molecule has 2 aromatic rings. The second-order valence-corrected chi connectivity index (χ2v) is 3.44. The summed E-state index contributed by atoms with van der Waals surface area (Å²) in [4.78, 5) is 8.49. The maximum atomic E-state index is 8.58. The molecule has 0 saturated heterocycles. The fraction of sp³-hybridized carbons (Fsp3) is 0.364. The normalized spacial score (nSPS) is 10.2. The van der Waals surface area contributed by atoms with Gasteiger partial charge in [-0.1, -0.05) is 6.92 Å². The average molecular weight is 215 g/mol. The van der Waals surface area contributed by atoms with Gasteiger partial charge in [-0.2, -0.15) is 5.26 Å². The van der Waals surface area contributed by atoms with E-state index in [0.717, 1.165) is 18.1 Å². The lowest BCUT2D eigenvalue weighted by Crippen LogP contribution is -2.00. The first-order valence-corrected chi connectivity index (χ1v) is 5.26. The maximum Gasteiger partial charge on any atom is 0.156 e. The second kappa shape index (κ2) is 4.62. The van der Waals surface area contributed by atoms with Gasteiger partial charge in [-0.05, 0) is 0 Å². The third-order valence-electron chi connectivity index (χ3n) is 2.40. The van der Waals surface area contributed by atoms with Crippen molar-refractivity contribution in [3.8, 4) is 11.9 Å². The molecule has 0 fully saturated rings. The van der Waals surface area contributed by atoms with E-state index in [1.165, 1.54) is 0 Å². The van der Waals surface area contributed by atoms with Crippen LogP contribution in [0, 0.1) is 11.3 Å². The van der Waals surface area contributed by atoms with E-state index in [2.05, 4.69) is 23.0 Å². The van der Waals surface area contributed by atoms with Crippen molar-refractivity contribution in [3.63, 3.8) is 0 Å². The predicted octanol–water partition coefficient (Wildman–Crippen LogP) is 1.54. The van der Waals surface area contributed by atoms with E-state index in [-0.39, 0.29) is 0 Å². The summed E-state index contributed by atoms with van der Waals surface area (Å²) in [7, 11) is 0. The summed E-state index contributed by atoms with van der Waals surface area (Å²) in [5, 5.41) is 8.58. The van der Waals surface area contributed by atoms with Crippen molar-refractivity contribution < 1.29 is 0 Å². The fourth-order valence-electron chi connectivity index (χ4n) is 1.60. The van der Waals surface area contributed by atoms with Crippen LogP contribution < -0.4 is 0 Å². The van der Waals surface area contributed by atoms with E-state index in [1.54, 1.807) is 12.5 Å². The van der Waals surface area contributed by atoms with Crippen molar-refractivity contribution >= 4 is 0 Å². The van der Waals surface area contributed by atoms with Crippen LogP contribution >= 0.6 is 0 Å². The van der Waals surface area contributed by atoms with Crippen LogP contribution in [0.3, 0.4) is 0 Å². The molecule has 16 heavy (non-hydrogen) atoms. The zero-order valence-corrected chi connectivity index (χ0v) is 9.17. The largest absolute Gasteiger partial charge is 0.332 e. The quantitative estimate of drug-likeness (QED) is 0.777. The Bertz CT molecular complexity index is 489.